The Morgan fingerprint density at radius 1 is 1.25 bits per heavy atom. The molecule has 0 radical (unpaired) electrons. The number of rotatable bonds is 1. The molecular formula is C9H13NO2. The summed E-state index contributed by atoms with van der Waals surface area (Å²) < 4.78 is 0. The Labute approximate surface area is 71.7 Å². The summed E-state index contributed by atoms with van der Waals surface area (Å²) in [5, 5.41) is 0. The normalized spacial score (nSPS) is 25.8. The maximum absolute atomic E-state index is 11.3. The minimum Gasteiger partial charge on any atom is -0.339 e. The Kier molecular flexibility index (Phi) is 1.87. The van der Waals surface area contributed by atoms with Crippen LogP contribution in [0.15, 0.2) is 0 Å². The first-order valence-electron chi connectivity index (χ1n) is 4.58. The molecule has 12 heavy (non-hydrogen) atoms. The average molecular weight is 167 g/mol. The molecule has 0 spiro atoms. The molecule has 0 bridgehead atoms. The third-order valence-electron chi connectivity index (χ3n) is 2.82. The highest BCUT2D eigenvalue weighted by atomic mass is 16.2. The van der Waals surface area contributed by atoms with E-state index in [0.29, 0.717) is 19.0 Å². The first-order valence-corrected chi connectivity index (χ1v) is 4.58. The lowest BCUT2D eigenvalue weighted by molar-refractivity contribution is -0.142. The monoisotopic (exact) mass is 167 g/mol. The summed E-state index contributed by atoms with van der Waals surface area (Å²) >= 11 is 0. The molecule has 1 aliphatic carbocycles. The van der Waals surface area contributed by atoms with Crippen molar-refractivity contribution in [3.05, 3.63) is 0 Å². The molecule has 1 saturated carbocycles. The number of Topliss-reactive ketones (excluding diaryl/α,β-unsaturated/α-hetero) is 1. The first kappa shape index (κ1) is 7.77. The fourth-order valence-corrected chi connectivity index (χ4v) is 1.81. The molecular weight excluding hydrogens is 154 g/mol. The summed E-state index contributed by atoms with van der Waals surface area (Å²) in [7, 11) is 0. The van der Waals surface area contributed by atoms with Crippen LogP contribution in [-0.2, 0) is 9.59 Å². The van der Waals surface area contributed by atoms with Gasteiger partial charge in [-0.15, -0.1) is 0 Å². The topological polar surface area (TPSA) is 37.4 Å². The van der Waals surface area contributed by atoms with E-state index in [1.165, 1.54) is 6.42 Å². The molecule has 0 aromatic rings. The molecule has 2 rings (SSSR count). The maximum Gasteiger partial charge on any atom is 0.230 e. The number of ketones is 1. The van der Waals surface area contributed by atoms with E-state index >= 15 is 0 Å². The van der Waals surface area contributed by atoms with Crippen LogP contribution in [-0.4, -0.2) is 29.2 Å². The summed E-state index contributed by atoms with van der Waals surface area (Å²) in [5.74, 6) is 0.159. The standard InChI is InChI=1S/C9H13NO2/c11-8-4-5-10(9(12)6-8)7-2-1-3-7/h7H,1-6H2. The van der Waals surface area contributed by atoms with Gasteiger partial charge >= 0.3 is 0 Å². The third kappa shape index (κ3) is 1.24. The first-order chi connectivity index (χ1) is 5.77. The number of nitrogens with zero attached hydrogens (tertiary/aromatic N) is 1. The second kappa shape index (κ2) is 2.88. The Morgan fingerprint density at radius 3 is 2.50 bits per heavy atom. The maximum atomic E-state index is 11.3. The summed E-state index contributed by atoms with van der Waals surface area (Å²) in [6, 6.07) is 0.464. The van der Waals surface area contributed by atoms with Crippen LogP contribution in [0.4, 0.5) is 0 Å². The van der Waals surface area contributed by atoms with Gasteiger partial charge in [0.05, 0.1) is 6.42 Å². The zero-order chi connectivity index (χ0) is 8.55. The Hall–Kier alpha value is -0.860. The van der Waals surface area contributed by atoms with Crippen molar-refractivity contribution < 1.29 is 9.59 Å². The van der Waals surface area contributed by atoms with Crippen molar-refractivity contribution in [1.29, 1.82) is 0 Å². The zero-order valence-electron chi connectivity index (χ0n) is 7.08. The molecule has 66 valence electrons. The van der Waals surface area contributed by atoms with Gasteiger partial charge in [-0.05, 0) is 19.3 Å². The highest BCUT2D eigenvalue weighted by Gasteiger charge is 2.32. The largest absolute Gasteiger partial charge is 0.339 e. The van der Waals surface area contributed by atoms with E-state index < -0.39 is 0 Å². The van der Waals surface area contributed by atoms with Gasteiger partial charge in [0.25, 0.3) is 0 Å². The molecule has 3 heteroatoms. The summed E-state index contributed by atoms with van der Waals surface area (Å²) in [6.07, 6.45) is 4.24. The number of piperidine rings is 1. The van der Waals surface area contributed by atoms with Gasteiger partial charge < -0.3 is 4.90 Å². The molecule has 1 heterocycles. The van der Waals surface area contributed by atoms with Crippen molar-refractivity contribution in [2.75, 3.05) is 6.54 Å². The van der Waals surface area contributed by atoms with E-state index in [9.17, 15) is 9.59 Å². The number of carbonyl (C=O) groups excluding carboxylic acids is 2. The van der Waals surface area contributed by atoms with E-state index in [4.69, 9.17) is 0 Å². The Morgan fingerprint density at radius 2 is 2.00 bits per heavy atom. The van der Waals surface area contributed by atoms with Crippen LogP contribution >= 0.6 is 0 Å². The molecule has 0 aromatic carbocycles. The van der Waals surface area contributed by atoms with Gasteiger partial charge in [0.2, 0.25) is 5.91 Å². The molecule has 0 atom stereocenters. The van der Waals surface area contributed by atoms with Crippen LogP contribution < -0.4 is 0 Å². The lowest BCUT2D eigenvalue weighted by Gasteiger charge is -2.39. The Bertz CT molecular complexity index is 221. The van der Waals surface area contributed by atoms with E-state index in [1.54, 1.807) is 0 Å². The van der Waals surface area contributed by atoms with Crippen LogP contribution in [0.25, 0.3) is 0 Å². The van der Waals surface area contributed by atoms with Crippen LogP contribution in [0, 0.1) is 0 Å². The van der Waals surface area contributed by atoms with Crippen LogP contribution in [0.2, 0.25) is 0 Å². The predicted molar refractivity (Wildman–Crippen MR) is 43.6 cm³/mol. The molecule has 1 amide bonds. The molecule has 1 saturated heterocycles. The van der Waals surface area contributed by atoms with E-state index in [2.05, 4.69) is 0 Å². The van der Waals surface area contributed by atoms with Crippen LogP contribution in [0.5, 0.6) is 0 Å². The Balaban J connectivity index is 1.97. The lowest BCUT2D eigenvalue weighted by Crippen LogP contribution is -2.48. The molecule has 2 fully saturated rings. The van der Waals surface area contributed by atoms with Crippen molar-refractivity contribution in [2.45, 2.75) is 38.1 Å². The third-order valence-corrected chi connectivity index (χ3v) is 2.82. The zero-order valence-corrected chi connectivity index (χ0v) is 7.08. The van der Waals surface area contributed by atoms with Gasteiger partial charge in [0, 0.05) is 19.0 Å². The molecule has 3 nitrogen and oxygen atoms in total. The van der Waals surface area contributed by atoms with Crippen molar-refractivity contribution in [2.24, 2.45) is 0 Å². The second-order valence-corrected chi connectivity index (χ2v) is 3.64. The van der Waals surface area contributed by atoms with Gasteiger partial charge in [-0.2, -0.15) is 0 Å². The minimum atomic E-state index is 0.0518. The lowest BCUT2D eigenvalue weighted by atomic mass is 9.90. The van der Waals surface area contributed by atoms with Crippen molar-refractivity contribution in [3.63, 3.8) is 0 Å². The minimum absolute atomic E-state index is 0.0518. The van der Waals surface area contributed by atoms with Crippen molar-refractivity contribution >= 4 is 11.7 Å². The number of carbonyl (C=O) groups is 2. The predicted octanol–water partition coefficient (Wildman–Crippen LogP) is 0.730. The molecule has 0 unspecified atom stereocenters. The smallest absolute Gasteiger partial charge is 0.230 e. The van der Waals surface area contributed by atoms with Crippen LogP contribution in [0.3, 0.4) is 0 Å². The summed E-state index contributed by atoms with van der Waals surface area (Å²) in [4.78, 5) is 24.1. The van der Waals surface area contributed by atoms with Crippen molar-refractivity contribution in [3.8, 4) is 0 Å². The van der Waals surface area contributed by atoms with Gasteiger partial charge in [0.1, 0.15) is 5.78 Å². The quantitative estimate of drug-likeness (QED) is 0.540. The van der Waals surface area contributed by atoms with Gasteiger partial charge in [-0.25, -0.2) is 0 Å². The van der Waals surface area contributed by atoms with Crippen LogP contribution in [0.1, 0.15) is 32.1 Å². The fourth-order valence-electron chi connectivity index (χ4n) is 1.81. The molecule has 0 aromatic heterocycles. The number of hydrogen-bond acceptors (Lipinski definition) is 2. The van der Waals surface area contributed by atoms with Gasteiger partial charge in [0.15, 0.2) is 0 Å². The van der Waals surface area contributed by atoms with Gasteiger partial charge in [-0.3, -0.25) is 9.59 Å². The molecule has 0 N–H and O–H groups in total. The SMILES string of the molecule is O=C1CCN(C2CCC2)C(=O)C1. The van der Waals surface area contributed by atoms with E-state index in [0.717, 1.165) is 12.8 Å². The fraction of sp³-hybridized carbons (Fsp3) is 0.778. The highest BCUT2D eigenvalue weighted by molar-refractivity contribution is 6.00. The number of likely N-dealkylation sites (tertiary alicyclic amines) is 1. The summed E-state index contributed by atoms with van der Waals surface area (Å²) in [5.41, 5.74) is 0. The van der Waals surface area contributed by atoms with E-state index in [1.807, 2.05) is 4.90 Å². The van der Waals surface area contributed by atoms with E-state index in [-0.39, 0.29) is 18.1 Å². The summed E-state index contributed by atoms with van der Waals surface area (Å²) in [6.45, 7) is 0.669. The molecule has 2 aliphatic rings. The molecule has 1 aliphatic heterocycles. The average Bonchev–Trinajstić information content (AvgIpc) is 1.91. The number of hydrogen-bond donors (Lipinski definition) is 0. The van der Waals surface area contributed by atoms with Gasteiger partial charge in [-0.1, -0.05) is 0 Å². The van der Waals surface area contributed by atoms with Crippen molar-refractivity contribution in [1.82, 2.24) is 4.90 Å². The highest BCUT2D eigenvalue weighted by Crippen LogP contribution is 2.27. The number of amides is 1. The second-order valence-electron chi connectivity index (χ2n) is 3.64.